The fraction of sp³-hybridized carbons (Fsp3) is 0.917. The molecule has 0 amide bonds. The maximum absolute atomic E-state index is 11.3. The summed E-state index contributed by atoms with van der Waals surface area (Å²) < 4.78 is 10.1. The third kappa shape index (κ3) is 5.47. The van der Waals surface area contributed by atoms with Crippen LogP contribution >= 0.6 is 0 Å². The summed E-state index contributed by atoms with van der Waals surface area (Å²) in [5.74, 6) is -0.190. The zero-order chi connectivity index (χ0) is 13.0. The summed E-state index contributed by atoms with van der Waals surface area (Å²) in [6.07, 6.45) is 1.05. The third-order valence-corrected chi connectivity index (χ3v) is 2.98. The molecule has 0 radical (unpaired) electrons. The van der Waals surface area contributed by atoms with Crippen molar-refractivity contribution in [2.45, 2.75) is 51.7 Å². The Labute approximate surface area is 98.5 Å². The topological polar surface area (TPSA) is 61.5 Å². The summed E-state index contributed by atoms with van der Waals surface area (Å²) in [4.78, 5) is 11.3. The molecule has 0 saturated heterocycles. The standard InChI is InChI=1S/C12H25NO3/c1-11(2,16-6)8-9(12(3,4)13)7-10(14)15-5/h9H,7-8,13H2,1-6H3. The van der Waals surface area contributed by atoms with Gasteiger partial charge in [0, 0.05) is 12.6 Å². The zero-order valence-corrected chi connectivity index (χ0v) is 11.3. The third-order valence-electron chi connectivity index (χ3n) is 2.98. The minimum absolute atomic E-state index is 0.0369. The maximum atomic E-state index is 11.3. The van der Waals surface area contributed by atoms with Crippen molar-refractivity contribution < 1.29 is 14.3 Å². The number of ether oxygens (including phenoxy) is 2. The monoisotopic (exact) mass is 231 g/mol. The molecule has 0 aliphatic rings. The Kier molecular flexibility index (Phi) is 5.42. The molecule has 4 heteroatoms. The summed E-state index contributed by atoms with van der Waals surface area (Å²) in [7, 11) is 3.06. The van der Waals surface area contributed by atoms with Gasteiger partial charge in [-0.15, -0.1) is 0 Å². The van der Waals surface area contributed by atoms with Gasteiger partial charge in [-0.2, -0.15) is 0 Å². The van der Waals surface area contributed by atoms with Crippen LogP contribution in [0.4, 0.5) is 0 Å². The molecule has 0 aromatic heterocycles. The second-order valence-corrected chi connectivity index (χ2v) is 5.47. The molecule has 0 spiro atoms. The molecule has 1 atom stereocenters. The Balaban J connectivity index is 4.64. The van der Waals surface area contributed by atoms with Crippen molar-refractivity contribution in [3.8, 4) is 0 Å². The fourth-order valence-corrected chi connectivity index (χ4v) is 1.56. The van der Waals surface area contributed by atoms with Gasteiger partial charge in [0.15, 0.2) is 0 Å². The predicted molar refractivity (Wildman–Crippen MR) is 64.1 cm³/mol. The van der Waals surface area contributed by atoms with Crippen molar-refractivity contribution >= 4 is 5.97 Å². The zero-order valence-electron chi connectivity index (χ0n) is 11.3. The Morgan fingerprint density at radius 2 is 1.75 bits per heavy atom. The van der Waals surface area contributed by atoms with E-state index in [1.165, 1.54) is 7.11 Å². The van der Waals surface area contributed by atoms with E-state index in [4.69, 9.17) is 10.5 Å². The lowest BCUT2D eigenvalue weighted by atomic mass is 9.78. The van der Waals surface area contributed by atoms with Crippen LogP contribution in [0.25, 0.3) is 0 Å². The lowest BCUT2D eigenvalue weighted by Crippen LogP contribution is -2.45. The number of hydrogen-bond donors (Lipinski definition) is 1. The Morgan fingerprint density at radius 3 is 2.06 bits per heavy atom. The SMILES string of the molecule is COC(=O)CC(CC(C)(C)OC)C(C)(C)N. The number of esters is 1. The average molecular weight is 231 g/mol. The molecule has 2 N–H and O–H groups in total. The maximum Gasteiger partial charge on any atom is 0.305 e. The quantitative estimate of drug-likeness (QED) is 0.707. The van der Waals surface area contributed by atoms with Crippen molar-refractivity contribution in [1.82, 2.24) is 0 Å². The van der Waals surface area contributed by atoms with Gasteiger partial charge in [0.1, 0.15) is 0 Å². The van der Waals surface area contributed by atoms with Crippen LogP contribution in [0.2, 0.25) is 0 Å². The van der Waals surface area contributed by atoms with Gasteiger partial charge in [0.2, 0.25) is 0 Å². The highest BCUT2D eigenvalue weighted by Gasteiger charge is 2.33. The summed E-state index contributed by atoms with van der Waals surface area (Å²) in [5, 5.41) is 0. The highest BCUT2D eigenvalue weighted by atomic mass is 16.5. The van der Waals surface area contributed by atoms with Crippen molar-refractivity contribution in [3.05, 3.63) is 0 Å². The van der Waals surface area contributed by atoms with E-state index >= 15 is 0 Å². The molecule has 0 fully saturated rings. The van der Waals surface area contributed by atoms with Crippen LogP contribution in [0.3, 0.4) is 0 Å². The first-order valence-electron chi connectivity index (χ1n) is 5.53. The molecule has 1 unspecified atom stereocenters. The highest BCUT2D eigenvalue weighted by Crippen LogP contribution is 2.29. The van der Waals surface area contributed by atoms with E-state index in [2.05, 4.69) is 4.74 Å². The molecule has 0 aromatic carbocycles. The number of methoxy groups -OCH3 is 2. The van der Waals surface area contributed by atoms with E-state index < -0.39 is 5.54 Å². The molecular weight excluding hydrogens is 206 g/mol. The van der Waals surface area contributed by atoms with Crippen LogP contribution in [0.5, 0.6) is 0 Å². The van der Waals surface area contributed by atoms with Gasteiger partial charge in [-0.1, -0.05) is 0 Å². The normalized spacial score (nSPS) is 14.7. The average Bonchev–Trinajstić information content (AvgIpc) is 2.15. The molecule has 0 saturated carbocycles. The molecule has 16 heavy (non-hydrogen) atoms. The van der Waals surface area contributed by atoms with Crippen LogP contribution in [0, 0.1) is 5.92 Å². The molecule has 0 aromatic rings. The summed E-state index contributed by atoms with van der Waals surface area (Å²) in [5.41, 5.74) is 5.37. The van der Waals surface area contributed by atoms with Crippen molar-refractivity contribution in [1.29, 1.82) is 0 Å². The van der Waals surface area contributed by atoms with Gasteiger partial charge < -0.3 is 15.2 Å². The van der Waals surface area contributed by atoms with Gasteiger partial charge in [-0.25, -0.2) is 0 Å². The molecule has 0 rings (SSSR count). The first-order chi connectivity index (χ1) is 7.12. The number of nitrogens with two attached hydrogens (primary N) is 1. The van der Waals surface area contributed by atoms with Gasteiger partial charge in [-0.05, 0) is 40.0 Å². The number of carbonyl (C=O) groups is 1. The van der Waals surface area contributed by atoms with Crippen LogP contribution in [-0.2, 0) is 14.3 Å². The molecular formula is C12H25NO3. The number of hydrogen-bond acceptors (Lipinski definition) is 4. The van der Waals surface area contributed by atoms with E-state index in [1.807, 2.05) is 27.7 Å². The van der Waals surface area contributed by atoms with Gasteiger partial charge in [-0.3, -0.25) is 4.79 Å². The molecule has 4 nitrogen and oxygen atoms in total. The predicted octanol–water partition coefficient (Wildman–Crippen LogP) is 1.72. The minimum Gasteiger partial charge on any atom is -0.469 e. The molecule has 0 aliphatic carbocycles. The summed E-state index contributed by atoms with van der Waals surface area (Å²) in [6.45, 7) is 7.82. The van der Waals surface area contributed by atoms with Crippen molar-refractivity contribution in [2.24, 2.45) is 11.7 Å². The molecule has 96 valence electrons. The first kappa shape index (κ1) is 15.4. The van der Waals surface area contributed by atoms with Gasteiger partial charge in [0.05, 0.1) is 19.1 Å². The molecule has 0 aliphatic heterocycles. The lowest BCUT2D eigenvalue weighted by molar-refractivity contribution is -0.143. The van der Waals surface area contributed by atoms with Crippen molar-refractivity contribution in [3.63, 3.8) is 0 Å². The smallest absolute Gasteiger partial charge is 0.305 e. The number of carbonyl (C=O) groups excluding carboxylic acids is 1. The Bertz CT molecular complexity index is 231. The Hall–Kier alpha value is -0.610. The van der Waals surface area contributed by atoms with E-state index in [0.29, 0.717) is 6.42 Å². The van der Waals surface area contributed by atoms with Crippen LogP contribution in [-0.4, -0.2) is 31.3 Å². The van der Waals surface area contributed by atoms with E-state index in [9.17, 15) is 4.79 Å². The second-order valence-electron chi connectivity index (χ2n) is 5.47. The molecule has 0 heterocycles. The second kappa shape index (κ2) is 5.64. The Morgan fingerprint density at radius 1 is 1.25 bits per heavy atom. The van der Waals surface area contributed by atoms with Gasteiger partial charge >= 0.3 is 5.97 Å². The minimum atomic E-state index is -0.427. The van der Waals surface area contributed by atoms with Gasteiger partial charge in [0.25, 0.3) is 0 Å². The van der Waals surface area contributed by atoms with Crippen molar-refractivity contribution in [2.75, 3.05) is 14.2 Å². The largest absolute Gasteiger partial charge is 0.469 e. The van der Waals surface area contributed by atoms with Crippen LogP contribution < -0.4 is 5.73 Å². The fourth-order valence-electron chi connectivity index (χ4n) is 1.56. The first-order valence-corrected chi connectivity index (χ1v) is 5.53. The van der Waals surface area contributed by atoms with E-state index in [1.54, 1.807) is 7.11 Å². The highest BCUT2D eigenvalue weighted by molar-refractivity contribution is 5.69. The van der Waals surface area contributed by atoms with E-state index in [0.717, 1.165) is 6.42 Å². The van der Waals surface area contributed by atoms with E-state index in [-0.39, 0.29) is 17.5 Å². The summed E-state index contributed by atoms with van der Waals surface area (Å²) in [6, 6.07) is 0. The number of rotatable bonds is 6. The molecule has 0 bridgehead atoms. The lowest BCUT2D eigenvalue weighted by Gasteiger charge is -2.35. The summed E-state index contributed by atoms with van der Waals surface area (Å²) >= 11 is 0. The van der Waals surface area contributed by atoms with Crippen LogP contribution in [0.15, 0.2) is 0 Å². The van der Waals surface area contributed by atoms with Crippen LogP contribution in [0.1, 0.15) is 40.5 Å².